The van der Waals surface area contributed by atoms with Crippen molar-refractivity contribution in [2.45, 2.75) is 26.4 Å². The van der Waals surface area contributed by atoms with E-state index in [2.05, 4.69) is 42.8 Å². The van der Waals surface area contributed by atoms with E-state index in [1.165, 1.54) is 0 Å². The van der Waals surface area contributed by atoms with Crippen molar-refractivity contribution in [1.82, 2.24) is 0 Å². The summed E-state index contributed by atoms with van der Waals surface area (Å²) >= 11 is 5.97. The normalized spacial score (nSPS) is 18.5. The second kappa shape index (κ2) is 4.98. The van der Waals surface area contributed by atoms with E-state index in [9.17, 15) is 0 Å². The predicted molar refractivity (Wildman–Crippen MR) is 79.9 cm³/mol. The van der Waals surface area contributed by atoms with Gasteiger partial charge in [0.2, 0.25) is 0 Å². The first-order chi connectivity index (χ1) is 5.96. The van der Waals surface area contributed by atoms with Crippen molar-refractivity contribution >= 4 is 81.1 Å². The molecule has 0 aliphatic heterocycles. The number of rotatable bonds is 1. The van der Waals surface area contributed by atoms with Gasteiger partial charge in [-0.25, -0.2) is 0 Å². The molecule has 0 saturated heterocycles. The van der Waals surface area contributed by atoms with E-state index in [1.54, 1.807) is 0 Å². The van der Waals surface area contributed by atoms with E-state index >= 15 is 0 Å². The zero-order valence-corrected chi connectivity index (χ0v) is 18.2. The molecule has 0 amide bonds. The van der Waals surface area contributed by atoms with E-state index in [0.29, 0.717) is 12.2 Å². The van der Waals surface area contributed by atoms with Crippen molar-refractivity contribution in [1.29, 1.82) is 0 Å². The third kappa shape index (κ3) is 3.45. The molecular weight excluding hydrogens is 552 g/mol. The molecule has 0 radical (unpaired) electrons. The summed E-state index contributed by atoms with van der Waals surface area (Å²) in [7, 11) is 0. The SMILES string of the molecule is CC(C)(C)Op1[se]p2[se]p1[se]p2I. The van der Waals surface area contributed by atoms with E-state index in [4.69, 9.17) is 4.52 Å². The summed E-state index contributed by atoms with van der Waals surface area (Å²) in [4.78, 5) is 0. The molecule has 0 aliphatic carbocycles. The summed E-state index contributed by atoms with van der Waals surface area (Å²) < 4.78 is 7.95. The fraction of sp³-hybridized carbons (Fsp3) is 1.00. The van der Waals surface area contributed by atoms with Crippen LogP contribution in [0.4, 0.5) is 0 Å². The summed E-state index contributed by atoms with van der Waals surface area (Å²) in [5.74, 6) is 0. The van der Waals surface area contributed by atoms with Crippen molar-refractivity contribution < 1.29 is 4.52 Å². The Morgan fingerprint density at radius 3 is 2.15 bits per heavy atom. The molecule has 0 aliphatic rings. The molecule has 4 unspecified atom stereocenters. The molecule has 2 aromatic rings. The van der Waals surface area contributed by atoms with Gasteiger partial charge >= 0.3 is 112 Å². The minimum absolute atomic E-state index is 0.150. The molecule has 76 valence electrons. The zero-order chi connectivity index (χ0) is 9.64. The summed E-state index contributed by atoms with van der Waals surface area (Å²) in [6, 6.07) is 0. The maximum absolute atomic E-state index is 6.26. The Balaban J connectivity index is 2.34. The molecule has 0 N–H and O–H groups in total. The third-order valence-corrected chi connectivity index (χ3v) is 131. The molecule has 0 spiro atoms. The Labute approximate surface area is 110 Å². The van der Waals surface area contributed by atoms with Gasteiger partial charge in [-0.2, -0.15) is 0 Å². The van der Waals surface area contributed by atoms with Gasteiger partial charge in [-0.05, 0) is 0 Å². The Morgan fingerprint density at radius 1 is 1.08 bits per heavy atom. The summed E-state index contributed by atoms with van der Waals surface area (Å²) in [6.45, 7) is 6.69. The Morgan fingerprint density at radius 2 is 1.77 bits per heavy atom. The Kier molecular flexibility index (Phi) is 4.94. The molecule has 2 heterocycles. The molecule has 2 rings (SSSR count). The number of hydrogen-bond acceptors (Lipinski definition) is 1. The van der Waals surface area contributed by atoms with Crippen molar-refractivity contribution in [2.24, 2.45) is 0 Å². The van der Waals surface area contributed by atoms with Crippen LogP contribution in [0.2, 0.25) is 0 Å². The second-order valence-electron chi connectivity index (χ2n) is 3.39. The van der Waals surface area contributed by atoms with E-state index in [-0.39, 0.29) is 11.7 Å². The van der Waals surface area contributed by atoms with Gasteiger partial charge in [0.05, 0.1) is 0 Å². The minimum atomic E-state index is 0.150. The van der Waals surface area contributed by atoms with E-state index < -0.39 is 0 Å². The first-order valence-electron chi connectivity index (χ1n) is 3.55. The van der Waals surface area contributed by atoms with Gasteiger partial charge < -0.3 is 0 Å². The van der Waals surface area contributed by atoms with Crippen LogP contribution >= 0.6 is 40.3 Å². The van der Waals surface area contributed by atoms with Crippen molar-refractivity contribution in [2.75, 3.05) is 0 Å². The molecule has 0 aromatic carbocycles. The number of fused-ring (bicyclic) bond motifs is 2. The van der Waals surface area contributed by atoms with Gasteiger partial charge in [-0.3, -0.25) is 0 Å². The average Bonchev–Trinajstić information content (AvgIpc) is 2.42. The number of hydrogen-bond donors (Lipinski definition) is 0. The Hall–Kier alpha value is 3.45. The van der Waals surface area contributed by atoms with E-state index in [0.717, 1.165) is 40.8 Å². The molecule has 4 atom stereocenters. The first-order valence-corrected chi connectivity index (χ1v) is 26.3. The monoisotopic (exact) mass is 564 g/mol. The number of halogens is 1. The van der Waals surface area contributed by atoms with E-state index in [1.807, 2.05) is 0 Å². The molecule has 2 aromatic heterocycles. The predicted octanol–water partition coefficient (Wildman–Crippen LogP) is 4.10. The van der Waals surface area contributed by atoms with Gasteiger partial charge in [0.1, 0.15) is 0 Å². The van der Waals surface area contributed by atoms with Gasteiger partial charge in [-0.15, -0.1) is 0 Å². The van der Waals surface area contributed by atoms with Gasteiger partial charge in [0.15, 0.2) is 0 Å². The summed E-state index contributed by atoms with van der Waals surface area (Å²) in [5.41, 5.74) is 0.150. The second-order valence-corrected chi connectivity index (χ2v) is 62.5. The molecule has 9 heteroatoms. The average molecular weight is 561 g/mol. The standard InChI is InChI=1S/C4H9IOP4Se3/c1-4(2,3)6-8-10-11-7(5)9(12-8)13-10/h1-3H3. The van der Waals surface area contributed by atoms with Crippen LogP contribution in [0.25, 0.3) is 0 Å². The van der Waals surface area contributed by atoms with Crippen molar-refractivity contribution in [3.05, 3.63) is 0 Å². The molecular formula is C4H9IOP4Se3. The third-order valence-electron chi connectivity index (χ3n) is 1.03. The van der Waals surface area contributed by atoms with Gasteiger partial charge in [0.25, 0.3) is 0 Å². The van der Waals surface area contributed by atoms with Crippen LogP contribution in [0.3, 0.4) is 0 Å². The fourth-order valence-electron chi connectivity index (χ4n) is 0.668. The van der Waals surface area contributed by atoms with Crippen LogP contribution in [0.15, 0.2) is 0 Å². The van der Waals surface area contributed by atoms with Crippen LogP contribution in [-0.4, -0.2) is 46.4 Å². The van der Waals surface area contributed by atoms with Crippen LogP contribution in [0.5, 0.6) is 0 Å². The molecule has 1 nitrogen and oxygen atoms in total. The zero-order valence-electron chi connectivity index (χ0n) is 7.30. The topological polar surface area (TPSA) is 9.23 Å². The fourth-order valence-corrected chi connectivity index (χ4v) is 264. The van der Waals surface area contributed by atoms with Crippen LogP contribution in [0.1, 0.15) is 20.8 Å². The van der Waals surface area contributed by atoms with Crippen LogP contribution in [0, 0.1) is 0 Å². The molecule has 0 fully saturated rings. The molecule has 2 bridgehead atoms. The van der Waals surface area contributed by atoms with Crippen LogP contribution in [-0.2, 0) is 0 Å². The van der Waals surface area contributed by atoms with Gasteiger partial charge in [-0.1, -0.05) is 0 Å². The molecule has 13 heavy (non-hydrogen) atoms. The van der Waals surface area contributed by atoms with Crippen LogP contribution < -0.4 is 4.52 Å². The van der Waals surface area contributed by atoms with Crippen molar-refractivity contribution in [3.8, 4) is 0 Å². The summed E-state index contributed by atoms with van der Waals surface area (Å²) in [6.07, 6.45) is 0.150. The Bertz CT molecular complexity index is 426. The molecule has 0 saturated carbocycles. The maximum atomic E-state index is 6.26. The summed E-state index contributed by atoms with van der Waals surface area (Å²) in [5, 5.41) is 0. The van der Waals surface area contributed by atoms with Crippen molar-refractivity contribution in [3.63, 3.8) is 0 Å². The first kappa shape index (κ1) is 12.9. The quantitative estimate of drug-likeness (QED) is 0.377. The van der Waals surface area contributed by atoms with Gasteiger partial charge in [0, 0.05) is 0 Å².